The van der Waals surface area contributed by atoms with Gasteiger partial charge >= 0.3 is 0 Å². The number of halogens is 2. The highest BCUT2D eigenvalue weighted by Gasteiger charge is 2.19. The van der Waals surface area contributed by atoms with Gasteiger partial charge in [0.15, 0.2) is 5.78 Å². The van der Waals surface area contributed by atoms with Gasteiger partial charge in [0.2, 0.25) is 0 Å². The van der Waals surface area contributed by atoms with Crippen LogP contribution >= 0.6 is 15.9 Å². The van der Waals surface area contributed by atoms with Crippen LogP contribution in [0.1, 0.15) is 29.3 Å². The average molecular weight is 337 g/mol. The van der Waals surface area contributed by atoms with Crippen molar-refractivity contribution in [2.24, 2.45) is 0 Å². The fourth-order valence-electron chi connectivity index (χ4n) is 1.82. The maximum absolute atomic E-state index is 14.0. The van der Waals surface area contributed by atoms with Gasteiger partial charge in [-0.3, -0.25) is 4.79 Å². The van der Waals surface area contributed by atoms with Crippen LogP contribution in [0.3, 0.4) is 0 Å². The molecule has 0 aliphatic rings. The van der Waals surface area contributed by atoms with Gasteiger partial charge in [-0.25, -0.2) is 4.39 Å². The highest BCUT2D eigenvalue weighted by Crippen LogP contribution is 2.25. The second kappa shape index (κ2) is 6.66. The summed E-state index contributed by atoms with van der Waals surface area (Å²) in [7, 11) is 0. The first-order valence-corrected chi connectivity index (χ1v) is 7.15. The quantitative estimate of drug-likeness (QED) is 0.745. The summed E-state index contributed by atoms with van der Waals surface area (Å²) < 4.78 is 19.8. The van der Waals surface area contributed by atoms with Crippen molar-refractivity contribution in [1.82, 2.24) is 0 Å². The number of hydrogen-bond acceptors (Lipinski definition) is 2. The van der Waals surface area contributed by atoms with Gasteiger partial charge in [0, 0.05) is 0 Å². The minimum absolute atomic E-state index is 0.0342. The van der Waals surface area contributed by atoms with Gasteiger partial charge in [0.1, 0.15) is 11.6 Å². The highest BCUT2D eigenvalue weighted by atomic mass is 79.9. The van der Waals surface area contributed by atoms with E-state index in [9.17, 15) is 9.18 Å². The summed E-state index contributed by atoms with van der Waals surface area (Å²) >= 11 is 3.09. The third-order valence-corrected chi connectivity index (χ3v) is 3.40. The summed E-state index contributed by atoms with van der Waals surface area (Å²) in [5.74, 6) is -0.447. The molecule has 0 aromatic heterocycles. The second-order valence-electron chi connectivity index (χ2n) is 4.28. The Kier molecular flexibility index (Phi) is 4.90. The van der Waals surface area contributed by atoms with E-state index in [1.165, 1.54) is 6.07 Å². The third kappa shape index (κ3) is 3.07. The SMILES string of the molecule is CCCOc1ccccc1C(=O)c1cccc(Br)c1F. The Hall–Kier alpha value is -1.68. The minimum atomic E-state index is -0.553. The van der Waals surface area contributed by atoms with Crippen LogP contribution in [0.2, 0.25) is 0 Å². The van der Waals surface area contributed by atoms with Crippen LogP contribution in [0.15, 0.2) is 46.9 Å². The number of ether oxygens (including phenoxy) is 1. The molecular formula is C16H14BrFO2. The van der Waals surface area contributed by atoms with Gasteiger partial charge in [0.05, 0.1) is 22.2 Å². The van der Waals surface area contributed by atoms with Gasteiger partial charge in [-0.05, 0) is 46.6 Å². The van der Waals surface area contributed by atoms with Crippen LogP contribution in [-0.4, -0.2) is 12.4 Å². The monoisotopic (exact) mass is 336 g/mol. The molecule has 2 aromatic carbocycles. The molecule has 0 fully saturated rings. The summed E-state index contributed by atoms with van der Waals surface area (Å²) in [5.41, 5.74) is 0.407. The lowest BCUT2D eigenvalue weighted by molar-refractivity contribution is 0.103. The lowest BCUT2D eigenvalue weighted by Crippen LogP contribution is -2.08. The fraction of sp³-hybridized carbons (Fsp3) is 0.188. The van der Waals surface area contributed by atoms with E-state index < -0.39 is 5.82 Å². The molecule has 20 heavy (non-hydrogen) atoms. The highest BCUT2D eigenvalue weighted by molar-refractivity contribution is 9.10. The Bertz CT molecular complexity index is 626. The molecular weight excluding hydrogens is 323 g/mol. The number of carbonyl (C=O) groups excluding carboxylic acids is 1. The largest absolute Gasteiger partial charge is 0.493 e. The third-order valence-electron chi connectivity index (χ3n) is 2.79. The van der Waals surface area contributed by atoms with Crippen molar-refractivity contribution in [3.05, 3.63) is 63.9 Å². The maximum atomic E-state index is 14.0. The van der Waals surface area contributed by atoms with E-state index in [1.807, 2.05) is 6.92 Å². The molecule has 0 saturated heterocycles. The van der Waals surface area contributed by atoms with E-state index in [1.54, 1.807) is 36.4 Å². The molecule has 0 amide bonds. The van der Waals surface area contributed by atoms with Crippen LogP contribution < -0.4 is 4.74 Å². The number of carbonyl (C=O) groups is 1. The lowest BCUT2D eigenvalue weighted by Gasteiger charge is -2.10. The van der Waals surface area contributed by atoms with E-state index in [0.29, 0.717) is 17.9 Å². The van der Waals surface area contributed by atoms with Crippen LogP contribution in [0.5, 0.6) is 5.75 Å². The molecule has 0 N–H and O–H groups in total. The normalized spacial score (nSPS) is 10.3. The maximum Gasteiger partial charge on any atom is 0.199 e. The van der Waals surface area contributed by atoms with Crippen molar-refractivity contribution in [3.63, 3.8) is 0 Å². The molecule has 2 nitrogen and oxygen atoms in total. The van der Waals surface area contributed by atoms with Crippen molar-refractivity contribution in [2.45, 2.75) is 13.3 Å². The number of hydrogen-bond donors (Lipinski definition) is 0. The predicted octanol–water partition coefficient (Wildman–Crippen LogP) is 4.61. The zero-order valence-corrected chi connectivity index (χ0v) is 12.6. The molecule has 0 spiro atoms. The molecule has 0 saturated carbocycles. The van der Waals surface area contributed by atoms with E-state index in [0.717, 1.165) is 6.42 Å². The summed E-state index contributed by atoms with van der Waals surface area (Å²) in [6.07, 6.45) is 0.841. The molecule has 0 aliphatic carbocycles. The number of para-hydroxylation sites is 1. The Labute approximate surface area is 125 Å². The second-order valence-corrected chi connectivity index (χ2v) is 5.13. The summed E-state index contributed by atoms with van der Waals surface area (Å²) in [6.45, 7) is 2.50. The summed E-state index contributed by atoms with van der Waals surface area (Å²) in [4.78, 5) is 12.5. The molecule has 0 heterocycles. The van der Waals surface area contributed by atoms with E-state index >= 15 is 0 Å². The predicted molar refractivity (Wildman–Crippen MR) is 79.8 cm³/mol. The van der Waals surface area contributed by atoms with Gasteiger partial charge in [0.25, 0.3) is 0 Å². The molecule has 4 heteroatoms. The van der Waals surface area contributed by atoms with E-state index in [-0.39, 0.29) is 15.8 Å². The molecule has 2 rings (SSSR count). The lowest BCUT2D eigenvalue weighted by atomic mass is 10.0. The smallest absolute Gasteiger partial charge is 0.199 e. The van der Waals surface area contributed by atoms with Crippen molar-refractivity contribution in [1.29, 1.82) is 0 Å². The molecule has 2 aromatic rings. The van der Waals surface area contributed by atoms with Crippen LogP contribution in [0, 0.1) is 5.82 Å². The first-order chi connectivity index (χ1) is 9.65. The van der Waals surface area contributed by atoms with Gasteiger partial charge in [-0.1, -0.05) is 25.1 Å². The summed E-state index contributed by atoms with van der Waals surface area (Å²) in [6, 6.07) is 11.6. The average Bonchev–Trinajstić information content (AvgIpc) is 2.47. The zero-order chi connectivity index (χ0) is 14.5. The first-order valence-electron chi connectivity index (χ1n) is 6.35. The molecule has 0 unspecified atom stereocenters. The Balaban J connectivity index is 2.40. The van der Waals surface area contributed by atoms with Crippen molar-refractivity contribution >= 4 is 21.7 Å². The molecule has 0 atom stereocenters. The number of rotatable bonds is 5. The first kappa shape index (κ1) is 14.7. The molecule has 104 valence electrons. The van der Waals surface area contributed by atoms with Crippen molar-refractivity contribution < 1.29 is 13.9 Å². The molecule has 0 aliphatic heterocycles. The van der Waals surface area contributed by atoms with Gasteiger partial charge in [-0.2, -0.15) is 0 Å². The van der Waals surface area contributed by atoms with Crippen LogP contribution in [-0.2, 0) is 0 Å². The Morgan fingerprint density at radius 2 is 1.85 bits per heavy atom. The van der Waals surface area contributed by atoms with Crippen molar-refractivity contribution in [3.8, 4) is 5.75 Å². The van der Waals surface area contributed by atoms with Crippen LogP contribution in [0.25, 0.3) is 0 Å². The number of ketones is 1. The topological polar surface area (TPSA) is 26.3 Å². The van der Waals surface area contributed by atoms with Crippen LogP contribution in [0.4, 0.5) is 4.39 Å². The molecule has 0 radical (unpaired) electrons. The van der Waals surface area contributed by atoms with Gasteiger partial charge < -0.3 is 4.74 Å². The molecule has 0 bridgehead atoms. The Morgan fingerprint density at radius 3 is 2.60 bits per heavy atom. The van der Waals surface area contributed by atoms with Gasteiger partial charge in [-0.15, -0.1) is 0 Å². The number of benzene rings is 2. The standard InChI is InChI=1S/C16H14BrFO2/c1-2-10-20-14-9-4-3-6-11(14)16(19)12-7-5-8-13(17)15(12)18/h3-9H,2,10H2,1H3. The Morgan fingerprint density at radius 1 is 1.15 bits per heavy atom. The van der Waals surface area contributed by atoms with E-state index in [4.69, 9.17) is 4.74 Å². The fourth-order valence-corrected chi connectivity index (χ4v) is 2.18. The zero-order valence-electron chi connectivity index (χ0n) is 11.0. The van der Waals surface area contributed by atoms with Crippen molar-refractivity contribution in [2.75, 3.05) is 6.61 Å². The summed E-state index contributed by atoms with van der Waals surface area (Å²) in [5, 5.41) is 0. The minimum Gasteiger partial charge on any atom is -0.493 e. The van der Waals surface area contributed by atoms with E-state index in [2.05, 4.69) is 15.9 Å².